The molecule has 0 aliphatic carbocycles. The van der Waals surface area contributed by atoms with Crippen molar-refractivity contribution in [2.75, 3.05) is 32.8 Å². The quantitative estimate of drug-likeness (QED) is 0.566. The summed E-state index contributed by atoms with van der Waals surface area (Å²) < 4.78 is 25.1. The van der Waals surface area contributed by atoms with E-state index in [-0.39, 0.29) is 25.5 Å². The second-order valence-electron chi connectivity index (χ2n) is 6.86. The molecule has 1 N–H and O–H groups in total. The van der Waals surface area contributed by atoms with Gasteiger partial charge >= 0.3 is 5.97 Å². The summed E-state index contributed by atoms with van der Waals surface area (Å²) in [6.07, 6.45) is 3.05. The lowest BCUT2D eigenvalue weighted by Gasteiger charge is -2.34. The molecule has 0 aromatic carbocycles. The molecule has 0 radical (unpaired) electrons. The first-order chi connectivity index (χ1) is 12.4. The highest BCUT2D eigenvalue weighted by molar-refractivity contribution is 5.79. The van der Waals surface area contributed by atoms with Crippen molar-refractivity contribution in [3.8, 4) is 5.75 Å². The number of nitrogens with one attached hydrogen (secondary N) is 1. The van der Waals surface area contributed by atoms with Crippen LogP contribution in [0, 0.1) is 0 Å². The van der Waals surface area contributed by atoms with Gasteiger partial charge < -0.3 is 19.4 Å². The highest BCUT2D eigenvalue weighted by atomic mass is 19.1. The molecule has 1 aliphatic heterocycles. The molecule has 0 saturated carbocycles. The summed E-state index contributed by atoms with van der Waals surface area (Å²) in [5.41, 5.74) is -1.02. The number of aromatic nitrogens is 1. The zero-order valence-electron chi connectivity index (χ0n) is 16.0. The maximum Gasteiger partial charge on any atom is 0.343 e. The van der Waals surface area contributed by atoms with E-state index in [4.69, 9.17) is 9.47 Å². The SMILES string of the molecule is CCOC(=O)C1(F)CCN(CCCOc2cc[nH]/c(=N\C(C)C)c2)CC1. The number of H-pyrrole nitrogens is 1. The maximum atomic E-state index is 14.5. The summed E-state index contributed by atoms with van der Waals surface area (Å²) in [4.78, 5) is 21.4. The molecule has 2 heterocycles. The Hall–Kier alpha value is -1.89. The number of ether oxygens (including phenoxy) is 2. The lowest BCUT2D eigenvalue weighted by atomic mass is 9.93. The van der Waals surface area contributed by atoms with E-state index >= 15 is 0 Å². The highest BCUT2D eigenvalue weighted by Crippen LogP contribution is 2.28. The number of piperidine rings is 1. The second kappa shape index (κ2) is 9.71. The molecule has 1 aliphatic rings. The first-order valence-corrected chi connectivity index (χ1v) is 9.37. The number of aromatic amines is 1. The van der Waals surface area contributed by atoms with Crippen LogP contribution in [-0.4, -0.2) is 60.4 Å². The van der Waals surface area contributed by atoms with E-state index in [1.807, 2.05) is 32.2 Å². The van der Waals surface area contributed by atoms with Gasteiger partial charge in [0.2, 0.25) is 5.67 Å². The van der Waals surface area contributed by atoms with Gasteiger partial charge in [0.15, 0.2) is 0 Å². The van der Waals surface area contributed by atoms with Gasteiger partial charge in [-0.1, -0.05) is 0 Å². The molecule has 1 saturated heterocycles. The van der Waals surface area contributed by atoms with Crippen molar-refractivity contribution in [1.82, 2.24) is 9.88 Å². The van der Waals surface area contributed by atoms with Crippen LogP contribution in [0.25, 0.3) is 0 Å². The summed E-state index contributed by atoms with van der Waals surface area (Å²) in [5, 5.41) is 0. The van der Waals surface area contributed by atoms with Crippen molar-refractivity contribution in [2.24, 2.45) is 4.99 Å². The average molecular weight is 367 g/mol. The Labute approximate surface area is 154 Å². The molecule has 0 atom stereocenters. The zero-order chi connectivity index (χ0) is 19.0. The van der Waals surface area contributed by atoms with Crippen molar-refractivity contribution >= 4 is 5.97 Å². The van der Waals surface area contributed by atoms with E-state index < -0.39 is 11.6 Å². The third kappa shape index (κ3) is 6.12. The van der Waals surface area contributed by atoms with Crippen LogP contribution >= 0.6 is 0 Å². The molecular formula is C19H30FN3O3. The van der Waals surface area contributed by atoms with Crippen LogP contribution in [0.3, 0.4) is 0 Å². The van der Waals surface area contributed by atoms with E-state index in [1.54, 1.807) is 6.92 Å². The Kier molecular flexibility index (Phi) is 7.63. The molecule has 0 spiro atoms. The highest BCUT2D eigenvalue weighted by Gasteiger charge is 2.42. The van der Waals surface area contributed by atoms with E-state index in [0.717, 1.165) is 24.2 Å². The molecule has 1 aromatic heterocycles. The molecule has 26 heavy (non-hydrogen) atoms. The fourth-order valence-electron chi connectivity index (χ4n) is 2.95. The van der Waals surface area contributed by atoms with Gasteiger partial charge in [-0.25, -0.2) is 9.18 Å². The predicted molar refractivity (Wildman–Crippen MR) is 97.7 cm³/mol. The number of nitrogens with zero attached hydrogens (tertiary/aromatic N) is 2. The van der Waals surface area contributed by atoms with Crippen LogP contribution in [0.1, 0.15) is 40.0 Å². The van der Waals surface area contributed by atoms with Gasteiger partial charge in [-0.3, -0.25) is 4.99 Å². The van der Waals surface area contributed by atoms with E-state index in [1.165, 1.54) is 0 Å². The summed E-state index contributed by atoms with van der Waals surface area (Å²) in [6.45, 7) is 8.49. The minimum atomic E-state index is -1.82. The fraction of sp³-hybridized carbons (Fsp3) is 0.684. The van der Waals surface area contributed by atoms with Gasteiger partial charge in [-0.05, 0) is 33.3 Å². The van der Waals surface area contributed by atoms with Crippen molar-refractivity contribution in [3.05, 3.63) is 23.8 Å². The molecule has 2 rings (SSSR count). The van der Waals surface area contributed by atoms with Gasteiger partial charge in [0.1, 0.15) is 11.2 Å². The lowest BCUT2D eigenvalue weighted by Crippen LogP contribution is -2.47. The number of rotatable bonds is 8. The van der Waals surface area contributed by atoms with Crippen LogP contribution in [0.5, 0.6) is 5.75 Å². The summed E-state index contributed by atoms with van der Waals surface area (Å²) in [6, 6.07) is 3.98. The number of esters is 1. The minimum absolute atomic E-state index is 0.196. The van der Waals surface area contributed by atoms with E-state index in [9.17, 15) is 9.18 Å². The van der Waals surface area contributed by atoms with E-state index in [0.29, 0.717) is 19.7 Å². The largest absolute Gasteiger partial charge is 0.493 e. The Morgan fingerprint density at radius 2 is 2.15 bits per heavy atom. The molecule has 0 unspecified atom stereocenters. The number of alkyl halides is 1. The smallest absolute Gasteiger partial charge is 0.343 e. The number of likely N-dealkylation sites (tertiary alicyclic amines) is 1. The topological polar surface area (TPSA) is 66.9 Å². The Morgan fingerprint density at radius 1 is 1.42 bits per heavy atom. The molecule has 6 nitrogen and oxygen atoms in total. The molecule has 1 fully saturated rings. The van der Waals surface area contributed by atoms with Gasteiger partial charge in [0.25, 0.3) is 0 Å². The van der Waals surface area contributed by atoms with Crippen molar-refractivity contribution < 1.29 is 18.7 Å². The predicted octanol–water partition coefficient (Wildman–Crippen LogP) is 2.46. The Bertz CT molecular complexity index is 637. The summed E-state index contributed by atoms with van der Waals surface area (Å²) in [5.74, 6) is 0.0679. The standard InChI is InChI=1S/C19H30FN3O3/c1-4-25-18(24)19(20)7-11-23(12-8-19)10-5-13-26-16-6-9-21-17(14-16)22-15(2)3/h6,9,14-15H,4-5,7-8,10-13H2,1-3H3,(H,21,22). The number of carbonyl (C=O) groups is 1. The van der Waals surface area contributed by atoms with Crippen molar-refractivity contribution in [3.63, 3.8) is 0 Å². The van der Waals surface area contributed by atoms with Gasteiger partial charge in [0, 0.05) is 50.8 Å². The average Bonchev–Trinajstić information content (AvgIpc) is 2.60. The third-order valence-electron chi connectivity index (χ3n) is 4.33. The molecular weight excluding hydrogens is 337 g/mol. The molecule has 1 aromatic rings. The Balaban J connectivity index is 1.71. The molecule has 0 amide bonds. The minimum Gasteiger partial charge on any atom is -0.493 e. The van der Waals surface area contributed by atoms with Gasteiger partial charge in [-0.15, -0.1) is 0 Å². The number of hydrogen-bond donors (Lipinski definition) is 1. The lowest BCUT2D eigenvalue weighted by molar-refractivity contribution is -0.160. The van der Waals surface area contributed by atoms with Gasteiger partial charge in [0.05, 0.1) is 13.2 Å². The maximum absolute atomic E-state index is 14.5. The molecule has 146 valence electrons. The van der Waals surface area contributed by atoms with Crippen LogP contribution < -0.4 is 10.2 Å². The van der Waals surface area contributed by atoms with Crippen LogP contribution in [0.2, 0.25) is 0 Å². The van der Waals surface area contributed by atoms with Crippen LogP contribution in [-0.2, 0) is 9.53 Å². The molecule has 7 heteroatoms. The summed E-state index contributed by atoms with van der Waals surface area (Å²) >= 11 is 0. The van der Waals surface area contributed by atoms with Crippen molar-refractivity contribution in [1.29, 1.82) is 0 Å². The van der Waals surface area contributed by atoms with Gasteiger partial charge in [-0.2, -0.15) is 0 Å². The summed E-state index contributed by atoms with van der Waals surface area (Å²) in [7, 11) is 0. The Morgan fingerprint density at radius 3 is 2.81 bits per heavy atom. The molecule has 0 bridgehead atoms. The van der Waals surface area contributed by atoms with Crippen LogP contribution in [0.4, 0.5) is 4.39 Å². The second-order valence-corrected chi connectivity index (χ2v) is 6.86. The normalized spacial score (nSPS) is 18.1. The number of hydrogen-bond acceptors (Lipinski definition) is 5. The van der Waals surface area contributed by atoms with Crippen LogP contribution in [0.15, 0.2) is 23.3 Å². The number of pyridine rings is 1. The first-order valence-electron chi connectivity index (χ1n) is 9.37. The van der Waals surface area contributed by atoms with E-state index in [2.05, 4.69) is 14.9 Å². The monoisotopic (exact) mass is 367 g/mol. The fourth-order valence-corrected chi connectivity index (χ4v) is 2.95. The zero-order valence-corrected chi connectivity index (χ0v) is 16.0. The number of carbonyl (C=O) groups excluding carboxylic acids is 1. The number of halogens is 1. The van der Waals surface area contributed by atoms with Crippen molar-refractivity contribution in [2.45, 2.75) is 51.7 Å². The first kappa shape index (κ1) is 20.4. The third-order valence-corrected chi connectivity index (χ3v) is 4.33.